The average Bonchev–Trinajstić information content (AvgIpc) is 2.50. The Kier molecular flexibility index (Phi) is 3.27. The lowest BCUT2D eigenvalue weighted by molar-refractivity contribution is 0.462. The summed E-state index contributed by atoms with van der Waals surface area (Å²) in [5, 5.41) is 0.801. The summed E-state index contributed by atoms with van der Waals surface area (Å²) in [4.78, 5) is 22.7. The van der Waals surface area contributed by atoms with Gasteiger partial charge in [0.15, 0.2) is 5.75 Å². The smallest absolute Gasteiger partial charge is 0.254 e. The van der Waals surface area contributed by atoms with Gasteiger partial charge < -0.3 is 15.5 Å². The predicted molar refractivity (Wildman–Crippen MR) is 80.5 cm³/mol. The van der Waals surface area contributed by atoms with E-state index >= 15 is 0 Å². The molecular weight excluding hydrogens is 268 g/mol. The molecule has 3 N–H and O–H groups in total. The molecule has 0 atom stereocenters. The first-order chi connectivity index (χ1) is 10.2. The zero-order valence-corrected chi connectivity index (χ0v) is 11.5. The van der Waals surface area contributed by atoms with Crippen LogP contribution < -0.4 is 16.0 Å². The number of fused-ring (bicyclic) bond motifs is 1. The molecule has 0 aliphatic rings. The number of nitrogen functional groups attached to an aromatic ring is 1. The molecule has 1 aromatic carbocycles. The van der Waals surface area contributed by atoms with Gasteiger partial charge in [-0.1, -0.05) is 6.92 Å². The Morgan fingerprint density at radius 2 is 2.19 bits per heavy atom. The van der Waals surface area contributed by atoms with Gasteiger partial charge in [0.1, 0.15) is 11.3 Å². The number of nitrogens with zero attached hydrogens (tertiary/aromatic N) is 2. The SMILES string of the molecule is CCc1nc(Oc2ccc(N)c3cccnc23)cc(=O)[nH]1. The van der Waals surface area contributed by atoms with Gasteiger partial charge in [0.25, 0.3) is 5.56 Å². The molecule has 0 saturated carbocycles. The predicted octanol–water partition coefficient (Wildman–Crippen LogP) is 2.25. The van der Waals surface area contributed by atoms with E-state index in [9.17, 15) is 4.79 Å². The first kappa shape index (κ1) is 13.1. The number of ether oxygens (including phenoxy) is 1. The number of H-pyrrole nitrogens is 1. The van der Waals surface area contributed by atoms with Gasteiger partial charge in [0.2, 0.25) is 5.88 Å². The van der Waals surface area contributed by atoms with Gasteiger partial charge in [0, 0.05) is 23.7 Å². The molecule has 0 unspecified atom stereocenters. The van der Waals surface area contributed by atoms with Crippen molar-refractivity contribution in [2.45, 2.75) is 13.3 Å². The molecule has 0 saturated heterocycles. The number of aromatic amines is 1. The number of pyridine rings is 1. The number of anilines is 1. The molecule has 0 amide bonds. The molecule has 2 aromatic heterocycles. The highest BCUT2D eigenvalue weighted by atomic mass is 16.5. The van der Waals surface area contributed by atoms with Crippen molar-refractivity contribution in [3.8, 4) is 11.6 Å². The van der Waals surface area contributed by atoms with E-state index in [1.807, 2.05) is 19.1 Å². The lowest BCUT2D eigenvalue weighted by Crippen LogP contribution is -2.10. The van der Waals surface area contributed by atoms with Crippen LogP contribution in [0.25, 0.3) is 10.9 Å². The van der Waals surface area contributed by atoms with Crippen LogP contribution in [-0.4, -0.2) is 15.0 Å². The van der Waals surface area contributed by atoms with Gasteiger partial charge in [-0.15, -0.1) is 0 Å². The van der Waals surface area contributed by atoms with Crippen molar-refractivity contribution in [1.29, 1.82) is 0 Å². The van der Waals surface area contributed by atoms with Crippen LogP contribution in [0.1, 0.15) is 12.7 Å². The third-order valence-corrected chi connectivity index (χ3v) is 3.08. The molecule has 3 rings (SSSR count). The summed E-state index contributed by atoms with van der Waals surface area (Å²) < 4.78 is 5.72. The number of benzene rings is 1. The summed E-state index contributed by atoms with van der Waals surface area (Å²) in [6, 6.07) is 8.45. The highest BCUT2D eigenvalue weighted by Crippen LogP contribution is 2.30. The molecule has 0 fully saturated rings. The molecule has 6 nitrogen and oxygen atoms in total. The number of nitrogens with two attached hydrogens (primary N) is 1. The third-order valence-electron chi connectivity index (χ3n) is 3.08. The lowest BCUT2D eigenvalue weighted by atomic mass is 10.2. The minimum absolute atomic E-state index is 0.243. The fourth-order valence-corrected chi connectivity index (χ4v) is 2.07. The quantitative estimate of drug-likeness (QED) is 0.718. The van der Waals surface area contributed by atoms with Crippen LogP contribution in [0, 0.1) is 0 Å². The molecule has 0 aliphatic heterocycles. The van der Waals surface area contributed by atoms with Crippen LogP contribution in [0.2, 0.25) is 0 Å². The highest BCUT2D eigenvalue weighted by molar-refractivity contribution is 5.94. The first-order valence-electron chi connectivity index (χ1n) is 6.58. The molecule has 0 bridgehead atoms. The Bertz CT molecular complexity index is 858. The van der Waals surface area contributed by atoms with Crippen LogP contribution >= 0.6 is 0 Å². The Morgan fingerprint density at radius 3 is 3.00 bits per heavy atom. The number of rotatable bonds is 3. The maximum absolute atomic E-state index is 11.6. The monoisotopic (exact) mass is 282 g/mol. The third kappa shape index (κ3) is 2.55. The Balaban J connectivity index is 2.08. The number of hydrogen-bond acceptors (Lipinski definition) is 5. The first-order valence-corrected chi connectivity index (χ1v) is 6.58. The second kappa shape index (κ2) is 5.24. The Labute approximate surface area is 120 Å². The van der Waals surface area contributed by atoms with Crippen molar-refractivity contribution in [3.63, 3.8) is 0 Å². The van der Waals surface area contributed by atoms with Gasteiger partial charge in [-0.25, -0.2) is 0 Å². The maximum Gasteiger partial charge on any atom is 0.254 e. The van der Waals surface area contributed by atoms with Crippen LogP contribution in [0.15, 0.2) is 41.3 Å². The summed E-state index contributed by atoms with van der Waals surface area (Å²) in [7, 11) is 0. The lowest BCUT2D eigenvalue weighted by Gasteiger charge is -2.09. The van der Waals surface area contributed by atoms with Crippen LogP contribution in [0.4, 0.5) is 5.69 Å². The number of nitrogens with one attached hydrogen (secondary N) is 1. The van der Waals surface area contributed by atoms with E-state index in [4.69, 9.17) is 10.5 Å². The number of aromatic nitrogens is 3. The van der Waals surface area contributed by atoms with Gasteiger partial charge in [0.05, 0.1) is 6.07 Å². The molecule has 0 spiro atoms. The molecule has 2 heterocycles. The van der Waals surface area contributed by atoms with Crippen LogP contribution in [-0.2, 0) is 6.42 Å². The standard InChI is InChI=1S/C15H14N4O2/c1-2-12-18-13(20)8-14(19-12)21-11-6-5-10(16)9-4-3-7-17-15(9)11/h3-8H,2,16H2,1H3,(H,18,19,20). The van der Waals surface area contributed by atoms with Crippen molar-refractivity contribution in [2.75, 3.05) is 5.73 Å². The number of hydrogen-bond donors (Lipinski definition) is 2. The van der Waals surface area contributed by atoms with E-state index in [1.54, 1.807) is 18.3 Å². The van der Waals surface area contributed by atoms with E-state index in [-0.39, 0.29) is 11.4 Å². The average molecular weight is 282 g/mol. The molecule has 0 radical (unpaired) electrons. The van der Waals surface area contributed by atoms with Crippen molar-refractivity contribution >= 4 is 16.6 Å². The molecule has 0 aliphatic carbocycles. The van der Waals surface area contributed by atoms with Crippen molar-refractivity contribution < 1.29 is 4.74 Å². The Morgan fingerprint density at radius 1 is 1.33 bits per heavy atom. The van der Waals surface area contributed by atoms with Gasteiger partial charge in [-0.2, -0.15) is 4.98 Å². The van der Waals surface area contributed by atoms with Crippen LogP contribution in [0.3, 0.4) is 0 Å². The maximum atomic E-state index is 11.6. The Hall–Kier alpha value is -2.89. The normalized spacial score (nSPS) is 10.7. The van der Waals surface area contributed by atoms with E-state index in [0.29, 0.717) is 29.2 Å². The summed E-state index contributed by atoms with van der Waals surface area (Å²) in [5.41, 5.74) is 6.94. The zero-order valence-electron chi connectivity index (χ0n) is 11.5. The minimum atomic E-state index is -0.246. The molecular formula is C15H14N4O2. The van der Waals surface area contributed by atoms with E-state index < -0.39 is 0 Å². The van der Waals surface area contributed by atoms with Crippen LogP contribution in [0.5, 0.6) is 11.6 Å². The molecule has 6 heteroatoms. The summed E-state index contributed by atoms with van der Waals surface area (Å²) in [5.74, 6) is 1.33. The van der Waals surface area contributed by atoms with E-state index in [1.165, 1.54) is 6.07 Å². The van der Waals surface area contributed by atoms with Crippen molar-refractivity contribution in [3.05, 3.63) is 52.7 Å². The van der Waals surface area contributed by atoms with E-state index in [0.717, 1.165) is 5.39 Å². The van der Waals surface area contributed by atoms with Crippen molar-refractivity contribution in [2.24, 2.45) is 0 Å². The largest absolute Gasteiger partial charge is 0.436 e. The van der Waals surface area contributed by atoms with Gasteiger partial charge >= 0.3 is 0 Å². The summed E-state index contributed by atoms with van der Waals surface area (Å²) >= 11 is 0. The fraction of sp³-hybridized carbons (Fsp3) is 0.133. The second-order valence-electron chi connectivity index (χ2n) is 4.54. The minimum Gasteiger partial charge on any atom is -0.436 e. The summed E-state index contributed by atoms with van der Waals surface area (Å²) in [6.45, 7) is 1.90. The zero-order chi connectivity index (χ0) is 14.8. The molecule has 3 aromatic rings. The molecule has 21 heavy (non-hydrogen) atoms. The second-order valence-corrected chi connectivity index (χ2v) is 4.54. The topological polar surface area (TPSA) is 93.9 Å². The van der Waals surface area contributed by atoms with Gasteiger partial charge in [-0.05, 0) is 24.3 Å². The summed E-state index contributed by atoms with van der Waals surface area (Å²) in [6.07, 6.45) is 2.28. The van der Waals surface area contributed by atoms with Gasteiger partial charge in [-0.3, -0.25) is 9.78 Å². The highest BCUT2D eigenvalue weighted by Gasteiger charge is 2.09. The molecule has 106 valence electrons. The van der Waals surface area contributed by atoms with Crippen molar-refractivity contribution in [1.82, 2.24) is 15.0 Å². The fourth-order valence-electron chi connectivity index (χ4n) is 2.07. The number of aryl methyl sites for hydroxylation is 1. The van der Waals surface area contributed by atoms with E-state index in [2.05, 4.69) is 15.0 Å².